The van der Waals surface area contributed by atoms with Crippen LogP contribution >= 0.6 is 0 Å². The third-order valence-corrected chi connectivity index (χ3v) is 3.14. The summed E-state index contributed by atoms with van der Waals surface area (Å²) in [6, 6.07) is -0.00191. The zero-order valence-corrected chi connectivity index (χ0v) is 12.9. The molecule has 0 aromatic carbocycles. The number of rotatable bonds is 5. The van der Waals surface area contributed by atoms with Crippen LogP contribution in [0.2, 0.25) is 0 Å². The SMILES string of the molecule is CCC1C(=O)NCCN1c1nc(NC)nc(OC(C)C)n1. The predicted octanol–water partition coefficient (Wildman–Crippen LogP) is 0.415. The van der Waals surface area contributed by atoms with Gasteiger partial charge in [0.05, 0.1) is 6.10 Å². The first-order valence-electron chi connectivity index (χ1n) is 7.20. The Morgan fingerprint density at radius 1 is 1.43 bits per heavy atom. The minimum atomic E-state index is -0.266. The van der Waals surface area contributed by atoms with Gasteiger partial charge in [0.1, 0.15) is 6.04 Å². The zero-order valence-electron chi connectivity index (χ0n) is 12.9. The van der Waals surface area contributed by atoms with Gasteiger partial charge in [0.15, 0.2) is 0 Å². The predicted molar refractivity (Wildman–Crippen MR) is 79.6 cm³/mol. The lowest BCUT2D eigenvalue weighted by molar-refractivity contribution is -0.123. The number of hydrogen-bond acceptors (Lipinski definition) is 7. The maximum absolute atomic E-state index is 12.0. The third-order valence-electron chi connectivity index (χ3n) is 3.14. The molecule has 0 saturated carbocycles. The Labute approximate surface area is 124 Å². The van der Waals surface area contributed by atoms with Gasteiger partial charge in [0.2, 0.25) is 17.8 Å². The highest BCUT2D eigenvalue weighted by molar-refractivity contribution is 5.85. The van der Waals surface area contributed by atoms with E-state index < -0.39 is 0 Å². The summed E-state index contributed by atoms with van der Waals surface area (Å²) in [6.07, 6.45) is 0.656. The van der Waals surface area contributed by atoms with E-state index in [2.05, 4.69) is 25.6 Å². The van der Waals surface area contributed by atoms with Crippen LogP contribution in [0, 0.1) is 0 Å². The fourth-order valence-electron chi connectivity index (χ4n) is 2.21. The molecule has 1 aliphatic heterocycles. The van der Waals surface area contributed by atoms with E-state index in [1.54, 1.807) is 7.05 Å². The highest BCUT2D eigenvalue weighted by Crippen LogP contribution is 2.20. The normalized spacial score (nSPS) is 18.6. The monoisotopic (exact) mass is 294 g/mol. The van der Waals surface area contributed by atoms with Crippen LogP contribution in [0.1, 0.15) is 27.2 Å². The van der Waals surface area contributed by atoms with Gasteiger partial charge in [-0.2, -0.15) is 15.0 Å². The number of nitrogens with one attached hydrogen (secondary N) is 2. The second-order valence-electron chi connectivity index (χ2n) is 5.07. The molecule has 0 bridgehead atoms. The molecule has 1 saturated heterocycles. The lowest BCUT2D eigenvalue weighted by Crippen LogP contribution is -2.55. The molecule has 2 rings (SSSR count). The summed E-state index contributed by atoms with van der Waals surface area (Å²) in [4.78, 5) is 26.7. The van der Waals surface area contributed by atoms with Crippen LogP contribution in [0.15, 0.2) is 0 Å². The maximum atomic E-state index is 12.0. The third kappa shape index (κ3) is 3.50. The lowest BCUT2D eigenvalue weighted by Gasteiger charge is -2.34. The summed E-state index contributed by atoms with van der Waals surface area (Å²) in [5, 5.41) is 5.75. The Balaban J connectivity index is 2.34. The number of hydrogen-bond donors (Lipinski definition) is 2. The van der Waals surface area contributed by atoms with Crippen molar-refractivity contribution in [1.29, 1.82) is 0 Å². The number of anilines is 2. The first-order chi connectivity index (χ1) is 10.0. The average Bonchev–Trinajstić information content (AvgIpc) is 2.45. The second kappa shape index (κ2) is 6.55. The number of nitrogens with zero attached hydrogens (tertiary/aromatic N) is 4. The zero-order chi connectivity index (χ0) is 15.4. The van der Waals surface area contributed by atoms with Crippen LogP contribution < -0.4 is 20.3 Å². The quantitative estimate of drug-likeness (QED) is 0.812. The molecule has 2 N–H and O–H groups in total. The van der Waals surface area contributed by atoms with Crippen LogP contribution in [-0.2, 0) is 4.79 Å². The van der Waals surface area contributed by atoms with E-state index in [0.29, 0.717) is 31.4 Å². The van der Waals surface area contributed by atoms with Gasteiger partial charge in [-0.15, -0.1) is 0 Å². The van der Waals surface area contributed by atoms with Gasteiger partial charge in [0, 0.05) is 20.1 Å². The van der Waals surface area contributed by atoms with Gasteiger partial charge in [-0.1, -0.05) is 6.92 Å². The number of aromatic nitrogens is 3. The fraction of sp³-hybridized carbons (Fsp3) is 0.692. The highest BCUT2D eigenvalue weighted by atomic mass is 16.5. The Bertz CT molecular complexity index is 507. The Morgan fingerprint density at radius 2 is 2.19 bits per heavy atom. The molecule has 1 aromatic rings. The minimum Gasteiger partial charge on any atom is -0.461 e. The van der Waals surface area contributed by atoms with E-state index >= 15 is 0 Å². The van der Waals surface area contributed by atoms with Crippen molar-refractivity contribution in [3.63, 3.8) is 0 Å². The van der Waals surface area contributed by atoms with Gasteiger partial charge in [-0.25, -0.2) is 0 Å². The molecule has 1 aromatic heterocycles. The molecule has 0 radical (unpaired) electrons. The summed E-state index contributed by atoms with van der Waals surface area (Å²) in [7, 11) is 1.73. The minimum absolute atomic E-state index is 0.00139. The van der Waals surface area contributed by atoms with E-state index in [1.165, 1.54) is 0 Å². The molecular weight excluding hydrogens is 272 g/mol. The molecule has 2 heterocycles. The number of carbonyl (C=O) groups excluding carboxylic acids is 1. The van der Waals surface area contributed by atoms with Gasteiger partial charge < -0.3 is 20.3 Å². The van der Waals surface area contributed by atoms with Crippen molar-refractivity contribution in [2.24, 2.45) is 0 Å². The first-order valence-corrected chi connectivity index (χ1v) is 7.20. The van der Waals surface area contributed by atoms with Gasteiger partial charge in [-0.3, -0.25) is 4.79 Å². The molecule has 1 fully saturated rings. The number of piperazine rings is 1. The van der Waals surface area contributed by atoms with Gasteiger partial charge in [0.25, 0.3) is 0 Å². The summed E-state index contributed by atoms with van der Waals surface area (Å²) < 4.78 is 5.55. The van der Waals surface area contributed by atoms with Crippen LogP contribution in [0.5, 0.6) is 6.01 Å². The molecule has 116 valence electrons. The van der Waals surface area contributed by atoms with E-state index in [-0.39, 0.29) is 24.1 Å². The largest absolute Gasteiger partial charge is 0.461 e. The molecule has 21 heavy (non-hydrogen) atoms. The van der Waals surface area contributed by atoms with Crippen molar-refractivity contribution < 1.29 is 9.53 Å². The van der Waals surface area contributed by atoms with Crippen LogP contribution in [0.3, 0.4) is 0 Å². The molecule has 0 aliphatic carbocycles. The highest BCUT2D eigenvalue weighted by Gasteiger charge is 2.30. The summed E-state index contributed by atoms with van der Waals surface area (Å²) in [5.41, 5.74) is 0. The first kappa shape index (κ1) is 15.3. The number of ether oxygens (including phenoxy) is 1. The Morgan fingerprint density at radius 3 is 2.81 bits per heavy atom. The topological polar surface area (TPSA) is 92.3 Å². The standard InChI is InChI=1S/C13H22N6O2/c1-5-9-10(20)15-6-7-19(9)12-16-11(14-4)17-13(18-12)21-8(2)3/h8-9H,5-7H2,1-4H3,(H,15,20)(H,14,16,17,18). The van der Waals surface area contributed by atoms with Crippen molar-refractivity contribution >= 4 is 17.8 Å². The summed E-state index contributed by atoms with van der Waals surface area (Å²) >= 11 is 0. The van der Waals surface area contributed by atoms with Crippen molar-refractivity contribution in [1.82, 2.24) is 20.3 Å². The second-order valence-corrected chi connectivity index (χ2v) is 5.07. The number of amides is 1. The van der Waals surface area contributed by atoms with Crippen LogP contribution in [0.25, 0.3) is 0 Å². The molecule has 0 spiro atoms. The van der Waals surface area contributed by atoms with Crippen LogP contribution in [0.4, 0.5) is 11.9 Å². The van der Waals surface area contributed by atoms with Crippen molar-refractivity contribution in [3.05, 3.63) is 0 Å². The summed E-state index contributed by atoms with van der Waals surface area (Å²) in [5.74, 6) is 0.893. The van der Waals surface area contributed by atoms with E-state index in [9.17, 15) is 4.79 Å². The lowest BCUT2D eigenvalue weighted by atomic mass is 10.1. The summed E-state index contributed by atoms with van der Waals surface area (Å²) in [6.45, 7) is 7.03. The molecule has 1 atom stereocenters. The van der Waals surface area contributed by atoms with Crippen molar-refractivity contribution in [3.8, 4) is 6.01 Å². The van der Waals surface area contributed by atoms with Gasteiger partial charge in [-0.05, 0) is 20.3 Å². The van der Waals surface area contributed by atoms with E-state index in [4.69, 9.17) is 4.74 Å². The average molecular weight is 294 g/mol. The Kier molecular flexibility index (Phi) is 4.77. The van der Waals surface area contributed by atoms with Crippen molar-refractivity contribution in [2.45, 2.75) is 39.3 Å². The van der Waals surface area contributed by atoms with E-state index in [0.717, 1.165) is 0 Å². The molecule has 1 amide bonds. The molecule has 1 unspecified atom stereocenters. The molecule has 8 heteroatoms. The molecule has 8 nitrogen and oxygen atoms in total. The van der Waals surface area contributed by atoms with Crippen molar-refractivity contribution in [2.75, 3.05) is 30.4 Å². The fourth-order valence-corrected chi connectivity index (χ4v) is 2.21. The smallest absolute Gasteiger partial charge is 0.323 e. The number of carbonyl (C=O) groups is 1. The van der Waals surface area contributed by atoms with Gasteiger partial charge >= 0.3 is 6.01 Å². The van der Waals surface area contributed by atoms with Crippen LogP contribution in [-0.4, -0.2) is 53.1 Å². The molecule has 1 aliphatic rings. The maximum Gasteiger partial charge on any atom is 0.323 e. The molecular formula is C13H22N6O2. The Hall–Kier alpha value is -2.12. The van der Waals surface area contributed by atoms with E-state index in [1.807, 2.05) is 25.7 Å².